The summed E-state index contributed by atoms with van der Waals surface area (Å²) in [4.78, 5) is 26.9. The monoisotopic (exact) mass is 434 g/mol. The van der Waals surface area contributed by atoms with Crippen molar-refractivity contribution < 1.29 is 23.1 Å². The van der Waals surface area contributed by atoms with Crippen LogP contribution in [0.2, 0.25) is 0 Å². The first-order valence-electron chi connectivity index (χ1n) is 9.34. The summed E-state index contributed by atoms with van der Waals surface area (Å²) < 4.78 is 27.6. The molecule has 0 spiro atoms. The lowest BCUT2D eigenvalue weighted by molar-refractivity contribution is 0.0685. The molecule has 0 atom stereocenters. The van der Waals surface area contributed by atoms with E-state index in [1.165, 1.54) is 30.1 Å². The van der Waals surface area contributed by atoms with Gasteiger partial charge in [-0.25, -0.2) is 17.2 Å². The number of carbonyl (C=O) groups is 2. The molecule has 0 radical (unpaired) electrons. The number of fused-ring (bicyclic) bond motifs is 1. The SMILES string of the molecule is CN(C(=O)c1c(C(=O)O)n(S(=O)(=O)c2ccccc2)c2ccccc12)c1ccccc1. The van der Waals surface area contributed by atoms with E-state index in [1.54, 1.807) is 66.7 Å². The Morgan fingerprint density at radius 2 is 1.39 bits per heavy atom. The number of hydrogen-bond donors (Lipinski definition) is 1. The lowest BCUT2D eigenvalue weighted by atomic mass is 10.1. The van der Waals surface area contributed by atoms with Gasteiger partial charge in [-0.2, -0.15) is 0 Å². The molecular formula is C23H18N2O5S. The van der Waals surface area contributed by atoms with Crippen LogP contribution in [-0.4, -0.2) is 36.4 Å². The molecule has 156 valence electrons. The lowest BCUT2D eigenvalue weighted by Gasteiger charge is -2.17. The molecule has 0 aliphatic heterocycles. The van der Waals surface area contributed by atoms with E-state index in [1.807, 2.05) is 0 Å². The number of carbonyl (C=O) groups excluding carboxylic acids is 1. The first kappa shape index (κ1) is 20.4. The molecule has 0 unspecified atom stereocenters. The molecule has 7 nitrogen and oxygen atoms in total. The topological polar surface area (TPSA) is 96.7 Å². The Labute approximate surface area is 178 Å². The highest BCUT2D eigenvalue weighted by atomic mass is 32.2. The number of anilines is 1. The van der Waals surface area contributed by atoms with Gasteiger partial charge in [-0.1, -0.05) is 54.6 Å². The summed E-state index contributed by atoms with van der Waals surface area (Å²) in [6, 6.07) is 22.5. The van der Waals surface area contributed by atoms with Gasteiger partial charge >= 0.3 is 5.97 Å². The Bertz CT molecular complexity index is 1390. The maximum Gasteiger partial charge on any atom is 0.354 e. The molecule has 8 heteroatoms. The molecule has 1 amide bonds. The van der Waals surface area contributed by atoms with Crippen molar-refractivity contribution in [1.29, 1.82) is 0 Å². The fourth-order valence-corrected chi connectivity index (χ4v) is 5.05. The van der Waals surface area contributed by atoms with E-state index in [2.05, 4.69) is 0 Å². The number of nitrogens with zero attached hydrogens (tertiary/aromatic N) is 2. The molecule has 31 heavy (non-hydrogen) atoms. The van der Waals surface area contributed by atoms with E-state index >= 15 is 0 Å². The maximum absolute atomic E-state index is 13.4. The van der Waals surface area contributed by atoms with Gasteiger partial charge in [0.1, 0.15) is 0 Å². The zero-order valence-corrected chi connectivity index (χ0v) is 17.3. The number of para-hydroxylation sites is 2. The quantitative estimate of drug-likeness (QED) is 0.515. The predicted octanol–water partition coefficient (Wildman–Crippen LogP) is 3.85. The Morgan fingerprint density at radius 1 is 0.839 bits per heavy atom. The first-order chi connectivity index (χ1) is 14.8. The van der Waals surface area contributed by atoms with Crippen molar-refractivity contribution in [1.82, 2.24) is 3.97 Å². The van der Waals surface area contributed by atoms with Crippen molar-refractivity contribution in [2.24, 2.45) is 0 Å². The van der Waals surface area contributed by atoms with Gasteiger partial charge in [0.2, 0.25) is 0 Å². The molecule has 0 saturated carbocycles. The molecule has 0 bridgehead atoms. The molecular weight excluding hydrogens is 416 g/mol. The average molecular weight is 434 g/mol. The van der Waals surface area contributed by atoms with Crippen LogP contribution >= 0.6 is 0 Å². The van der Waals surface area contributed by atoms with Gasteiger partial charge in [0.15, 0.2) is 5.69 Å². The highest BCUT2D eigenvalue weighted by Gasteiger charge is 2.34. The number of aromatic nitrogens is 1. The van der Waals surface area contributed by atoms with Crippen LogP contribution in [0.25, 0.3) is 10.9 Å². The Kier molecular flexibility index (Phi) is 5.08. The minimum Gasteiger partial charge on any atom is -0.477 e. The second-order valence-corrected chi connectivity index (χ2v) is 8.61. The van der Waals surface area contributed by atoms with Crippen LogP contribution in [0.15, 0.2) is 89.8 Å². The number of carboxylic acids is 1. The minimum absolute atomic E-state index is 0.0753. The van der Waals surface area contributed by atoms with Gasteiger partial charge in [0.25, 0.3) is 15.9 Å². The molecule has 1 N–H and O–H groups in total. The molecule has 0 aliphatic carbocycles. The van der Waals surface area contributed by atoms with E-state index < -0.39 is 27.6 Å². The summed E-state index contributed by atoms with van der Waals surface area (Å²) in [5, 5.41) is 10.2. The zero-order valence-electron chi connectivity index (χ0n) is 16.5. The Hall–Kier alpha value is -3.91. The van der Waals surface area contributed by atoms with Crippen LogP contribution in [0.3, 0.4) is 0 Å². The maximum atomic E-state index is 13.4. The number of hydrogen-bond acceptors (Lipinski definition) is 4. The van der Waals surface area contributed by atoms with Crippen molar-refractivity contribution in [3.8, 4) is 0 Å². The van der Waals surface area contributed by atoms with Crippen molar-refractivity contribution in [2.45, 2.75) is 4.90 Å². The van der Waals surface area contributed by atoms with Crippen molar-refractivity contribution in [3.63, 3.8) is 0 Å². The summed E-state index contributed by atoms with van der Waals surface area (Å²) in [5.41, 5.74) is -0.119. The second-order valence-electron chi connectivity index (χ2n) is 6.83. The number of aromatic carboxylic acids is 1. The van der Waals surface area contributed by atoms with Crippen molar-refractivity contribution >= 4 is 38.5 Å². The number of benzene rings is 3. The molecule has 4 rings (SSSR count). The highest BCUT2D eigenvalue weighted by Crippen LogP contribution is 2.32. The first-order valence-corrected chi connectivity index (χ1v) is 10.8. The average Bonchev–Trinajstić information content (AvgIpc) is 3.15. The fraction of sp³-hybridized carbons (Fsp3) is 0.0435. The van der Waals surface area contributed by atoms with Crippen molar-refractivity contribution in [2.75, 3.05) is 11.9 Å². The third kappa shape index (κ3) is 3.36. The van der Waals surface area contributed by atoms with Crippen LogP contribution in [-0.2, 0) is 10.0 Å². The smallest absolute Gasteiger partial charge is 0.354 e. The van der Waals surface area contributed by atoms with Crippen molar-refractivity contribution in [3.05, 3.63) is 96.2 Å². The van der Waals surface area contributed by atoms with Gasteiger partial charge < -0.3 is 10.0 Å². The standard InChI is InChI=1S/C23H18N2O5S/c1-24(16-10-4-2-5-11-16)22(26)20-18-14-8-9-15-19(18)25(21(20)23(27)28)31(29,30)17-12-6-3-7-13-17/h2-15H,1H3,(H,27,28). The van der Waals surface area contributed by atoms with Crippen LogP contribution < -0.4 is 4.90 Å². The highest BCUT2D eigenvalue weighted by molar-refractivity contribution is 7.90. The van der Waals surface area contributed by atoms with Gasteiger partial charge in [-0.3, -0.25) is 4.79 Å². The summed E-state index contributed by atoms with van der Waals surface area (Å²) in [5.74, 6) is -2.14. The van der Waals surface area contributed by atoms with E-state index in [0.717, 1.165) is 3.97 Å². The van der Waals surface area contributed by atoms with Crippen LogP contribution in [0.4, 0.5) is 5.69 Å². The molecule has 4 aromatic rings. The normalized spacial score (nSPS) is 11.4. The number of rotatable bonds is 5. The Balaban J connectivity index is 2.03. The molecule has 3 aromatic carbocycles. The van der Waals surface area contributed by atoms with Crippen LogP contribution in [0, 0.1) is 0 Å². The molecule has 0 saturated heterocycles. The van der Waals surface area contributed by atoms with E-state index in [9.17, 15) is 23.1 Å². The third-order valence-electron chi connectivity index (χ3n) is 4.98. The molecule has 1 aromatic heterocycles. The zero-order chi connectivity index (χ0) is 22.2. The third-order valence-corrected chi connectivity index (χ3v) is 6.71. The fourth-order valence-electron chi connectivity index (χ4n) is 3.51. The van der Waals surface area contributed by atoms with E-state index in [0.29, 0.717) is 5.69 Å². The lowest BCUT2D eigenvalue weighted by Crippen LogP contribution is -2.29. The van der Waals surface area contributed by atoms with Crippen LogP contribution in [0.5, 0.6) is 0 Å². The molecule has 0 fully saturated rings. The van der Waals surface area contributed by atoms with E-state index in [4.69, 9.17) is 0 Å². The Morgan fingerprint density at radius 3 is 2.00 bits per heavy atom. The number of carboxylic acid groups (broad SMARTS) is 1. The summed E-state index contributed by atoms with van der Waals surface area (Å²) in [7, 11) is -2.76. The number of amides is 1. The van der Waals surface area contributed by atoms with E-state index in [-0.39, 0.29) is 21.4 Å². The molecule has 0 aliphatic rings. The summed E-state index contributed by atoms with van der Waals surface area (Å²) in [6.45, 7) is 0. The second kappa shape index (κ2) is 7.73. The molecule has 1 heterocycles. The summed E-state index contributed by atoms with van der Waals surface area (Å²) >= 11 is 0. The largest absolute Gasteiger partial charge is 0.477 e. The van der Waals surface area contributed by atoms with Gasteiger partial charge in [0, 0.05) is 18.1 Å². The van der Waals surface area contributed by atoms with Gasteiger partial charge in [-0.15, -0.1) is 0 Å². The van der Waals surface area contributed by atoms with Gasteiger partial charge in [-0.05, 0) is 30.3 Å². The predicted molar refractivity (Wildman–Crippen MR) is 117 cm³/mol. The van der Waals surface area contributed by atoms with Gasteiger partial charge in [0.05, 0.1) is 16.0 Å². The van der Waals surface area contributed by atoms with Crippen LogP contribution in [0.1, 0.15) is 20.8 Å². The minimum atomic E-state index is -4.28. The summed E-state index contributed by atoms with van der Waals surface area (Å²) in [6.07, 6.45) is 0.